The average Bonchev–Trinajstić information content (AvgIpc) is 2.47. The molecule has 1 N–H and O–H groups in total. The summed E-state index contributed by atoms with van der Waals surface area (Å²) in [6, 6.07) is 3.30. The second-order valence-electron chi connectivity index (χ2n) is 2.81. The number of nitrogens with zero attached hydrogens (tertiary/aromatic N) is 1. The van der Waals surface area contributed by atoms with Crippen molar-refractivity contribution in [3.63, 3.8) is 0 Å². The molecule has 72 valence electrons. The fraction of sp³-hybridized carbons (Fsp3) is 0.111. The highest BCUT2D eigenvalue weighted by Gasteiger charge is 2.13. The van der Waals surface area contributed by atoms with Crippen molar-refractivity contribution in [3.8, 4) is 0 Å². The average molecular weight is 272 g/mol. The highest BCUT2D eigenvalue weighted by atomic mass is 79.9. The number of benzene rings is 1. The molecule has 0 aliphatic carbocycles. The van der Waals surface area contributed by atoms with Gasteiger partial charge in [0, 0.05) is 4.47 Å². The number of carboxylic acid groups (broad SMARTS) is 1. The molecule has 0 bridgehead atoms. The molecular weight excluding hydrogens is 266 g/mol. The van der Waals surface area contributed by atoms with E-state index in [0.29, 0.717) is 5.56 Å². The van der Waals surface area contributed by atoms with Crippen LogP contribution >= 0.6 is 27.3 Å². The number of halogens is 1. The van der Waals surface area contributed by atoms with Crippen LogP contribution in [0.4, 0.5) is 0 Å². The zero-order valence-corrected chi connectivity index (χ0v) is 9.65. The van der Waals surface area contributed by atoms with Crippen molar-refractivity contribution in [2.24, 2.45) is 0 Å². The Morgan fingerprint density at radius 1 is 1.57 bits per heavy atom. The highest BCUT2D eigenvalue weighted by Crippen LogP contribution is 2.31. The third-order valence-electron chi connectivity index (χ3n) is 1.83. The first kappa shape index (κ1) is 9.61. The minimum atomic E-state index is -0.911. The van der Waals surface area contributed by atoms with E-state index >= 15 is 0 Å². The summed E-state index contributed by atoms with van der Waals surface area (Å²) in [6.45, 7) is 1.86. The van der Waals surface area contributed by atoms with Gasteiger partial charge in [-0.05, 0) is 35.0 Å². The zero-order valence-electron chi connectivity index (χ0n) is 7.24. The monoisotopic (exact) mass is 271 g/mol. The van der Waals surface area contributed by atoms with E-state index in [2.05, 4.69) is 20.9 Å². The van der Waals surface area contributed by atoms with Crippen LogP contribution in [-0.4, -0.2) is 16.1 Å². The molecule has 1 aromatic heterocycles. The highest BCUT2D eigenvalue weighted by molar-refractivity contribution is 9.10. The predicted molar refractivity (Wildman–Crippen MR) is 59.0 cm³/mol. The maximum absolute atomic E-state index is 10.9. The molecule has 0 unspecified atom stereocenters. The van der Waals surface area contributed by atoms with Gasteiger partial charge in [0.2, 0.25) is 0 Å². The fourth-order valence-electron chi connectivity index (χ4n) is 1.25. The number of carbonyl (C=O) groups is 1. The van der Waals surface area contributed by atoms with Gasteiger partial charge in [-0.25, -0.2) is 9.78 Å². The summed E-state index contributed by atoms with van der Waals surface area (Å²) in [7, 11) is 0. The first-order valence-corrected chi connectivity index (χ1v) is 5.49. The van der Waals surface area contributed by atoms with E-state index in [0.717, 1.165) is 19.7 Å². The van der Waals surface area contributed by atoms with Crippen molar-refractivity contribution >= 4 is 43.5 Å². The van der Waals surface area contributed by atoms with Crippen LogP contribution < -0.4 is 0 Å². The van der Waals surface area contributed by atoms with Gasteiger partial charge in [-0.1, -0.05) is 0 Å². The zero-order chi connectivity index (χ0) is 10.3. The van der Waals surface area contributed by atoms with Gasteiger partial charge in [0.15, 0.2) is 0 Å². The summed E-state index contributed by atoms with van der Waals surface area (Å²) >= 11 is 4.74. The van der Waals surface area contributed by atoms with Crippen molar-refractivity contribution in [1.82, 2.24) is 4.98 Å². The van der Waals surface area contributed by atoms with Crippen LogP contribution in [0.15, 0.2) is 16.6 Å². The number of hydrogen-bond donors (Lipinski definition) is 1. The van der Waals surface area contributed by atoms with Crippen LogP contribution in [0.5, 0.6) is 0 Å². The molecule has 0 radical (unpaired) electrons. The first-order chi connectivity index (χ1) is 6.59. The Hall–Kier alpha value is -0.940. The van der Waals surface area contributed by atoms with Crippen molar-refractivity contribution in [2.75, 3.05) is 0 Å². The standard InChI is InChI=1S/C9H6BrNO2S/c1-4-11-7-6(10)3-2-5(9(12)13)8(7)14-4/h2-3H,1H3,(H,12,13). The number of fused-ring (bicyclic) bond motifs is 1. The molecule has 0 saturated carbocycles. The van der Waals surface area contributed by atoms with Crippen LogP contribution in [0.25, 0.3) is 10.2 Å². The predicted octanol–water partition coefficient (Wildman–Crippen LogP) is 3.07. The smallest absolute Gasteiger partial charge is 0.337 e. The summed E-state index contributed by atoms with van der Waals surface area (Å²) in [5.74, 6) is -0.911. The molecule has 0 saturated heterocycles. The normalized spacial score (nSPS) is 10.7. The molecule has 0 fully saturated rings. The summed E-state index contributed by atoms with van der Waals surface area (Å²) in [4.78, 5) is 15.2. The molecule has 1 aromatic carbocycles. The van der Waals surface area contributed by atoms with Gasteiger partial charge in [-0.15, -0.1) is 11.3 Å². The summed E-state index contributed by atoms with van der Waals surface area (Å²) in [5.41, 5.74) is 1.04. The fourth-order valence-corrected chi connectivity index (χ4v) is 2.75. The second-order valence-corrected chi connectivity index (χ2v) is 4.87. The van der Waals surface area contributed by atoms with Crippen LogP contribution in [-0.2, 0) is 0 Å². The Morgan fingerprint density at radius 3 is 2.93 bits per heavy atom. The third-order valence-corrected chi connectivity index (χ3v) is 3.48. The SMILES string of the molecule is Cc1nc2c(Br)ccc(C(=O)O)c2s1. The largest absolute Gasteiger partial charge is 0.478 e. The maximum atomic E-state index is 10.9. The van der Waals surface area contributed by atoms with Crippen LogP contribution in [0.3, 0.4) is 0 Å². The lowest BCUT2D eigenvalue weighted by atomic mass is 10.2. The lowest BCUT2D eigenvalue weighted by Crippen LogP contribution is -1.95. The van der Waals surface area contributed by atoms with Crippen molar-refractivity contribution < 1.29 is 9.90 Å². The van der Waals surface area contributed by atoms with Gasteiger partial charge in [0.25, 0.3) is 0 Å². The summed E-state index contributed by atoms with van der Waals surface area (Å²) in [5, 5.41) is 9.82. The molecule has 5 heteroatoms. The summed E-state index contributed by atoms with van der Waals surface area (Å²) < 4.78 is 1.56. The van der Waals surface area contributed by atoms with Gasteiger partial charge < -0.3 is 5.11 Å². The Balaban J connectivity index is 2.87. The number of aryl methyl sites for hydroxylation is 1. The lowest BCUT2D eigenvalue weighted by molar-refractivity contribution is 0.0699. The van der Waals surface area contributed by atoms with E-state index in [1.807, 2.05) is 6.92 Å². The molecular formula is C9H6BrNO2S. The van der Waals surface area contributed by atoms with E-state index in [9.17, 15) is 4.79 Å². The van der Waals surface area contributed by atoms with Gasteiger partial charge in [0.05, 0.1) is 20.8 Å². The van der Waals surface area contributed by atoms with Crippen LogP contribution in [0, 0.1) is 6.92 Å². The van der Waals surface area contributed by atoms with Crippen molar-refractivity contribution in [3.05, 3.63) is 27.2 Å². The Bertz CT molecular complexity index is 521. The Labute approximate surface area is 92.5 Å². The van der Waals surface area contributed by atoms with E-state index in [-0.39, 0.29) is 0 Å². The molecule has 0 amide bonds. The maximum Gasteiger partial charge on any atom is 0.337 e. The topological polar surface area (TPSA) is 50.2 Å². The number of aromatic nitrogens is 1. The van der Waals surface area contributed by atoms with Gasteiger partial charge in [-0.3, -0.25) is 0 Å². The van der Waals surface area contributed by atoms with Gasteiger partial charge in [0.1, 0.15) is 0 Å². The van der Waals surface area contributed by atoms with Gasteiger partial charge >= 0.3 is 5.97 Å². The molecule has 14 heavy (non-hydrogen) atoms. The molecule has 0 aliphatic rings. The van der Waals surface area contributed by atoms with Crippen molar-refractivity contribution in [2.45, 2.75) is 6.92 Å². The first-order valence-electron chi connectivity index (χ1n) is 3.88. The molecule has 0 atom stereocenters. The molecule has 2 rings (SSSR count). The molecule has 3 nitrogen and oxygen atoms in total. The minimum Gasteiger partial charge on any atom is -0.478 e. The number of aromatic carboxylic acids is 1. The van der Waals surface area contributed by atoms with E-state index in [4.69, 9.17) is 5.11 Å². The number of rotatable bonds is 1. The summed E-state index contributed by atoms with van der Waals surface area (Å²) in [6.07, 6.45) is 0. The molecule has 0 spiro atoms. The van der Waals surface area contributed by atoms with E-state index in [1.165, 1.54) is 11.3 Å². The number of hydrogen-bond acceptors (Lipinski definition) is 3. The van der Waals surface area contributed by atoms with Gasteiger partial charge in [-0.2, -0.15) is 0 Å². The third kappa shape index (κ3) is 1.42. The van der Waals surface area contributed by atoms with Crippen molar-refractivity contribution in [1.29, 1.82) is 0 Å². The minimum absolute atomic E-state index is 0.314. The molecule has 2 aromatic rings. The number of thiazole rings is 1. The quantitative estimate of drug-likeness (QED) is 0.867. The Kier molecular flexibility index (Phi) is 2.28. The van der Waals surface area contributed by atoms with Crippen LogP contribution in [0.2, 0.25) is 0 Å². The van der Waals surface area contributed by atoms with Crippen LogP contribution in [0.1, 0.15) is 15.4 Å². The lowest BCUT2D eigenvalue weighted by Gasteiger charge is -1.96. The molecule has 0 aliphatic heterocycles. The van der Waals surface area contributed by atoms with E-state index < -0.39 is 5.97 Å². The second kappa shape index (κ2) is 3.33. The van der Waals surface area contributed by atoms with E-state index in [1.54, 1.807) is 12.1 Å². The Morgan fingerprint density at radius 2 is 2.29 bits per heavy atom. The number of carboxylic acids is 1. The molecule has 1 heterocycles.